The summed E-state index contributed by atoms with van der Waals surface area (Å²) in [5.41, 5.74) is 2.70. The van der Waals surface area contributed by atoms with Crippen LogP contribution in [0.2, 0.25) is 0 Å². The van der Waals surface area contributed by atoms with Crippen LogP contribution in [0.15, 0.2) is 78.4 Å². The lowest BCUT2D eigenvalue weighted by atomic mass is 10.1. The molecule has 0 unspecified atom stereocenters. The van der Waals surface area contributed by atoms with E-state index >= 15 is 0 Å². The summed E-state index contributed by atoms with van der Waals surface area (Å²) in [6, 6.07) is 20.9. The summed E-state index contributed by atoms with van der Waals surface area (Å²) in [7, 11) is 0. The number of anilines is 1. The van der Waals surface area contributed by atoms with E-state index in [0.29, 0.717) is 22.7 Å². The Kier molecular flexibility index (Phi) is 5.37. The number of aryl methyl sites for hydroxylation is 2. The fraction of sp³-hybridized carbons (Fsp3) is 0.0800. The van der Waals surface area contributed by atoms with Gasteiger partial charge < -0.3 is 4.74 Å². The quantitative estimate of drug-likeness (QED) is 0.495. The van der Waals surface area contributed by atoms with Gasteiger partial charge in [-0.3, -0.25) is 14.9 Å². The summed E-state index contributed by atoms with van der Waals surface area (Å²) in [6.07, 6.45) is 1.46. The molecule has 0 spiro atoms. The van der Waals surface area contributed by atoms with Crippen LogP contribution in [0.1, 0.15) is 16.7 Å². The van der Waals surface area contributed by atoms with E-state index in [1.165, 1.54) is 6.08 Å². The molecule has 0 saturated carbocycles. The van der Waals surface area contributed by atoms with Gasteiger partial charge in [-0.25, -0.2) is 9.69 Å². The second-order valence-electron chi connectivity index (χ2n) is 7.29. The molecule has 1 N–H and O–H groups in total. The van der Waals surface area contributed by atoms with Gasteiger partial charge in [-0.1, -0.05) is 36.4 Å². The van der Waals surface area contributed by atoms with Crippen molar-refractivity contribution in [1.82, 2.24) is 5.32 Å². The highest BCUT2D eigenvalue weighted by molar-refractivity contribution is 6.39. The minimum absolute atomic E-state index is 0.129. The van der Waals surface area contributed by atoms with Gasteiger partial charge in [0.05, 0.1) is 5.69 Å². The van der Waals surface area contributed by atoms with Crippen LogP contribution in [0.4, 0.5) is 10.5 Å². The maximum absolute atomic E-state index is 13.1. The number of imide groups is 2. The van der Waals surface area contributed by atoms with Crippen molar-refractivity contribution in [3.8, 4) is 11.5 Å². The predicted octanol–water partition coefficient (Wildman–Crippen LogP) is 4.76. The normalized spacial score (nSPS) is 15.2. The summed E-state index contributed by atoms with van der Waals surface area (Å²) in [6.45, 7) is 3.76. The molecule has 1 fully saturated rings. The molecule has 0 bridgehead atoms. The summed E-state index contributed by atoms with van der Waals surface area (Å²) < 4.78 is 5.82. The Morgan fingerprint density at radius 2 is 1.48 bits per heavy atom. The summed E-state index contributed by atoms with van der Waals surface area (Å²) in [5.74, 6) is -0.171. The number of nitrogens with one attached hydrogen (secondary N) is 1. The van der Waals surface area contributed by atoms with Crippen molar-refractivity contribution in [2.24, 2.45) is 0 Å². The summed E-state index contributed by atoms with van der Waals surface area (Å²) in [4.78, 5) is 38.9. The third-order valence-electron chi connectivity index (χ3n) is 4.71. The van der Waals surface area contributed by atoms with Crippen molar-refractivity contribution in [3.05, 3.63) is 95.1 Å². The Balaban J connectivity index is 1.66. The van der Waals surface area contributed by atoms with Crippen LogP contribution in [0.5, 0.6) is 11.5 Å². The Labute approximate surface area is 179 Å². The molecular formula is C25H20N2O4. The first kappa shape index (κ1) is 20.1. The van der Waals surface area contributed by atoms with Gasteiger partial charge in [0.2, 0.25) is 0 Å². The third-order valence-corrected chi connectivity index (χ3v) is 4.71. The second kappa shape index (κ2) is 8.28. The molecule has 0 aliphatic carbocycles. The lowest BCUT2D eigenvalue weighted by molar-refractivity contribution is -0.122. The minimum atomic E-state index is -0.765. The monoisotopic (exact) mass is 412 g/mol. The number of barbiturate groups is 1. The molecule has 1 heterocycles. The number of carbonyl (C=O) groups is 3. The van der Waals surface area contributed by atoms with Gasteiger partial charge in [0.15, 0.2) is 0 Å². The molecule has 0 aromatic heterocycles. The number of amides is 4. The largest absolute Gasteiger partial charge is 0.457 e. The van der Waals surface area contributed by atoms with Crippen LogP contribution in [-0.4, -0.2) is 17.8 Å². The fourth-order valence-electron chi connectivity index (χ4n) is 3.43. The zero-order valence-electron chi connectivity index (χ0n) is 17.1. The van der Waals surface area contributed by atoms with Gasteiger partial charge in [-0.15, -0.1) is 0 Å². The fourth-order valence-corrected chi connectivity index (χ4v) is 3.43. The second-order valence-corrected chi connectivity index (χ2v) is 7.29. The molecule has 31 heavy (non-hydrogen) atoms. The lowest BCUT2D eigenvalue weighted by Gasteiger charge is -2.27. The number of hydrogen-bond acceptors (Lipinski definition) is 4. The smallest absolute Gasteiger partial charge is 0.335 e. The van der Waals surface area contributed by atoms with Crippen molar-refractivity contribution >= 4 is 29.6 Å². The number of nitrogens with zero attached hydrogens (tertiary/aromatic N) is 1. The standard InChI is InChI=1S/C25H20N2O4/c1-16-11-17(2)13-19(12-16)27-24(29)22(23(28)26-25(27)30)15-18-7-6-10-21(14-18)31-20-8-4-3-5-9-20/h3-15H,1-2H3,(H,26,28,30)/b22-15+. The molecule has 6 nitrogen and oxygen atoms in total. The van der Waals surface area contributed by atoms with E-state index in [1.807, 2.05) is 50.2 Å². The van der Waals surface area contributed by atoms with Crippen LogP contribution in [0.25, 0.3) is 6.08 Å². The SMILES string of the molecule is Cc1cc(C)cc(N2C(=O)NC(=O)/C(=C\c3cccc(Oc4ccccc4)c3)C2=O)c1. The molecule has 3 aromatic carbocycles. The Morgan fingerprint density at radius 3 is 2.19 bits per heavy atom. The van der Waals surface area contributed by atoms with E-state index in [-0.39, 0.29) is 5.57 Å². The molecule has 0 radical (unpaired) electrons. The van der Waals surface area contributed by atoms with E-state index in [0.717, 1.165) is 16.0 Å². The topological polar surface area (TPSA) is 75.7 Å². The van der Waals surface area contributed by atoms with Crippen molar-refractivity contribution in [3.63, 3.8) is 0 Å². The van der Waals surface area contributed by atoms with Crippen molar-refractivity contribution in [2.45, 2.75) is 13.8 Å². The number of benzene rings is 3. The zero-order valence-corrected chi connectivity index (χ0v) is 17.1. The molecule has 0 atom stereocenters. The third kappa shape index (κ3) is 4.38. The van der Waals surface area contributed by atoms with E-state index < -0.39 is 17.8 Å². The number of hydrogen-bond donors (Lipinski definition) is 1. The van der Waals surface area contributed by atoms with Gasteiger partial charge >= 0.3 is 6.03 Å². The lowest BCUT2D eigenvalue weighted by Crippen LogP contribution is -2.54. The maximum atomic E-state index is 13.1. The number of ether oxygens (including phenoxy) is 1. The Morgan fingerprint density at radius 1 is 0.806 bits per heavy atom. The Bertz CT molecular complexity index is 1190. The highest BCUT2D eigenvalue weighted by Gasteiger charge is 2.36. The van der Waals surface area contributed by atoms with Crippen LogP contribution in [-0.2, 0) is 9.59 Å². The van der Waals surface area contributed by atoms with E-state index in [1.54, 1.807) is 36.4 Å². The highest BCUT2D eigenvalue weighted by Crippen LogP contribution is 2.26. The van der Waals surface area contributed by atoms with E-state index in [2.05, 4.69) is 5.32 Å². The average Bonchev–Trinajstić information content (AvgIpc) is 2.71. The molecule has 1 aliphatic heterocycles. The molecule has 6 heteroatoms. The summed E-state index contributed by atoms with van der Waals surface area (Å²) in [5, 5.41) is 2.25. The van der Waals surface area contributed by atoms with Gasteiger partial charge in [-0.2, -0.15) is 0 Å². The maximum Gasteiger partial charge on any atom is 0.335 e. The molecule has 1 aliphatic rings. The Hall–Kier alpha value is -4.19. The molecular weight excluding hydrogens is 392 g/mol. The van der Waals surface area contributed by atoms with Crippen molar-refractivity contribution in [1.29, 1.82) is 0 Å². The van der Waals surface area contributed by atoms with E-state index in [9.17, 15) is 14.4 Å². The first-order valence-corrected chi connectivity index (χ1v) is 9.73. The van der Waals surface area contributed by atoms with Crippen LogP contribution in [0.3, 0.4) is 0 Å². The molecule has 154 valence electrons. The average molecular weight is 412 g/mol. The van der Waals surface area contributed by atoms with Crippen molar-refractivity contribution in [2.75, 3.05) is 4.90 Å². The number of rotatable bonds is 4. The van der Waals surface area contributed by atoms with Gasteiger partial charge in [-0.05, 0) is 73.0 Å². The van der Waals surface area contributed by atoms with Crippen molar-refractivity contribution < 1.29 is 19.1 Å². The molecule has 4 rings (SSSR count). The highest BCUT2D eigenvalue weighted by atomic mass is 16.5. The predicted molar refractivity (Wildman–Crippen MR) is 118 cm³/mol. The molecule has 3 aromatic rings. The number of urea groups is 1. The van der Waals surface area contributed by atoms with Gasteiger partial charge in [0.1, 0.15) is 17.1 Å². The first-order valence-electron chi connectivity index (χ1n) is 9.73. The number of carbonyl (C=O) groups excluding carboxylic acids is 3. The van der Waals surface area contributed by atoms with E-state index in [4.69, 9.17) is 4.74 Å². The molecule has 4 amide bonds. The zero-order chi connectivity index (χ0) is 22.0. The van der Waals surface area contributed by atoms with Crippen LogP contribution in [0, 0.1) is 13.8 Å². The summed E-state index contributed by atoms with van der Waals surface area (Å²) >= 11 is 0. The minimum Gasteiger partial charge on any atom is -0.457 e. The van der Waals surface area contributed by atoms with Crippen LogP contribution >= 0.6 is 0 Å². The molecule has 1 saturated heterocycles. The van der Waals surface area contributed by atoms with Gasteiger partial charge in [0, 0.05) is 0 Å². The number of para-hydroxylation sites is 1. The van der Waals surface area contributed by atoms with Gasteiger partial charge in [0.25, 0.3) is 11.8 Å². The first-order chi connectivity index (χ1) is 14.9. The van der Waals surface area contributed by atoms with Crippen LogP contribution < -0.4 is 15.0 Å².